The number of fused-ring (bicyclic) bond motifs is 1. The summed E-state index contributed by atoms with van der Waals surface area (Å²) >= 11 is 7.31. The number of thiophene rings is 1. The van der Waals surface area contributed by atoms with E-state index in [1.165, 1.54) is 17.5 Å². The summed E-state index contributed by atoms with van der Waals surface area (Å²) in [4.78, 5) is 32.3. The summed E-state index contributed by atoms with van der Waals surface area (Å²) in [5, 5.41) is 5.02. The molecule has 0 bridgehead atoms. The highest BCUT2D eigenvalue weighted by atomic mass is 35.5. The van der Waals surface area contributed by atoms with E-state index in [2.05, 4.69) is 5.32 Å². The quantitative estimate of drug-likeness (QED) is 0.491. The van der Waals surface area contributed by atoms with Crippen LogP contribution >= 0.6 is 30.5 Å². The number of carbonyl (C=O) groups is 1. The van der Waals surface area contributed by atoms with Crippen LogP contribution in [0.3, 0.4) is 0 Å². The average Bonchev–Trinajstić information content (AvgIpc) is 3.03. The van der Waals surface area contributed by atoms with Crippen LogP contribution in [0.5, 0.6) is 5.75 Å². The van der Waals surface area contributed by atoms with Crippen LogP contribution in [0.1, 0.15) is 16.8 Å². The van der Waals surface area contributed by atoms with Crippen molar-refractivity contribution >= 4 is 52.6 Å². The first-order valence-electron chi connectivity index (χ1n) is 8.12. The van der Waals surface area contributed by atoms with Gasteiger partial charge in [-0.15, -0.1) is 11.3 Å². The molecule has 6 nitrogen and oxygen atoms in total. The Morgan fingerprint density at radius 3 is 2.79 bits per heavy atom. The van der Waals surface area contributed by atoms with E-state index in [0.29, 0.717) is 16.2 Å². The van der Waals surface area contributed by atoms with E-state index in [4.69, 9.17) is 16.3 Å². The monoisotopic (exact) mass is 437 g/mol. The van der Waals surface area contributed by atoms with Gasteiger partial charge in [0.05, 0.1) is 7.11 Å². The van der Waals surface area contributed by atoms with Crippen molar-refractivity contribution in [2.45, 2.75) is 5.66 Å². The lowest BCUT2D eigenvalue weighted by Crippen LogP contribution is -2.25. The van der Waals surface area contributed by atoms with Crippen molar-refractivity contribution in [3.05, 3.63) is 70.2 Å². The third-order valence-electron chi connectivity index (χ3n) is 4.04. The summed E-state index contributed by atoms with van der Waals surface area (Å²) in [6.45, 7) is 0. The molecule has 3 N–H and O–H groups in total. The standard InChI is InChI=1S/C19H17ClNO5PS/c1-26-14-4-2-3-12(9-14)7-8-21-19(22)18(27(23,24)25)16-11-28-17-6-5-13(20)10-15(16)17/h2-11,18H,1H3,(H,21,22)(H2,23,24,25). The van der Waals surface area contributed by atoms with Crippen molar-refractivity contribution in [1.82, 2.24) is 5.32 Å². The summed E-state index contributed by atoms with van der Waals surface area (Å²) in [5.41, 5.74) is -0.613. The molecule has 28 heavy (non-hydrogen) atoms. The van der Waals surface area contributed by atoms with Gasteiger partial charge in [0, 0.05) is 15.9 Å². The van der Waals surface area contributed by atoms with Crippen LogP contribution in [0.15, 0.2) is 54.0 Å². The van der Waals surface area contributed by atoms with E-state index in [1.807, 2.05) is 0 Å². The second-order valence-corrected chi connectivity index (χ2v) is 8.98. The van der Waals surface area contributed by atoms with Gasteiger partial charge in [-0.3, -0.25) is 9.36 Å². The Kier molecular flexibility index (Phi) is 6.23. The molecule has 0 radical (unpaired) electrons. The minimum absolute atomic E-state index is 0.253. The lowest BCUT2D eigenvalue weighted by atomic mass is 10.1. The van der Waals surface area contributed by atoms with Gasteiger partial charge in [0.15, 0.2) is 5.66 Å². The molecule has 1 aromatic heterocycles. The Labute approximate surface area is 170 Å². The fraction of sp³-hybridized carbons (Fsp3) is 0.105. The van der Waals surface area contributed by atoms with Crippen LogP contribution in [0.25, 0.3) is 16.2 Å². The van der Waals surface area contributed by atoms with Gasteiger partial charge in [0.1, 0.15) is 5.75 Å². The Balaban J connectivity index is 1.87. The van der Waals surface area contributed by atoms with Crippen molar-refractivity contribution in [3.63, 3.8) is 0 Å². The number of amides is 1. The zero-order chi connectivity index (χ0) is 20.3. The molecule has 0 aliphatic carbocycles. The van der Waals surface area contributed by atoms with Crippen LogP contribution in [0.2, 0.25) is 5.02 Å². The molecule has 1 unspecified atom stereocenters. The number of carbonyl (C=O) groups excluding carboxylic acids is 1. The van der Waals surface area contributed by atoms with Gasteiger partial charge in [0.25, 0.3) is 0 Å². The molecule has 0 fully saturated rings. The summed E-state index contributed by atoms with van der Waals surface area (Å²) < 4.78 is 18.0. The van der Waals surface area contributed by atoms with Gasteiger partial charge >= 0.3 is 7.60 Å². The lowest BCUT2D eigenvalue weighted by molar-refractivity contribution is -0.120. The summed E-state index contributed by atoms with van der Waals surface area (Å²) in [5.74, 6) is -0.143. The molecule has 9 heteroatoms. The Morgan fingerprint density at radius 1 is 1.29 bits per heavy atom. The molecule has 1 atom stereocenters. The SMILES string of the molecule is COc1cccc(C=CNC(=O)C(c2csc3ccc(Cl)cc23)P(=O)(O)O)c1. The summed E-state index contributed by atoms with van der Waals surface area (Å²) in [7, 11) is -3.22. The summed E-state index contributed by atoms with van der Waals surface area (Å²) in [6, 6.07) is 12.2. The van der Waals surface area contributed by atoms with Crippen molar-refractivity contribution in [2.75, 3.05) is 7.11 Å². The lowest BCUT2D eigenvalue weighted by Gasteiger charge is -2.16. The van der Waals surface area contributed by atoms with Gasteiger partial charge in [0.2, 0.25) is 5.91 Å². The van der Waals surface area contributed by atoms with E-state index in [-0.39, 0.29) is 5.56 Å². The smallest absolute Gasteiger partial charge is 0.342 e. The van der Waals surface area contributed by atoms with E-state index in [1.54, 1.807) is 61.0 Å². The largest absolute Gasteiger partial charge is 0.497 e. The molecular weight excluding hydrogens is 421 g/mol. The second-order valence-electron chi connectivity index (χ2n) is 5.94. The molecule has 3 aromatic rings. The highest BCUT2D eigenvalue weighted by Crippen LogP contribution is 2.54. The molecule has 0 saturated carbocycles. The van der Waals surface area contributed by atoms with Gasteiger partial charge < -0.3 is 19.8 Å². The van der Waals surface area contributed by atoms with Gasteiger partial charge in [-0.25, -0.2) is 0 Å². The first-order valence-corrected chi connectivity index (χ1v) is 11.1. The zero-order valence-electron chi connectivity index (χ0n) is 14.7. The van der Waals surface area contributed by atoms with E-state index in [0.717, 1.165) is 10.3 Å². The summed E-state index contributed by atoms with van der Waals surface area (Å²) in [6.07, 6.45) is 2.96. The number of ether oxygens (including phenoxy) is 1. The Bertz CT molecular complexity index is 1090. The molecule has 1 heterocycles. The topological polar surface area (TPSA) is 95.9 Å². The first kappa shape index (κ1) is 20.6. The molecule has 0 aliphatic heterocycles. The van der Waals surface area contributed by atoms with Crippen LogP contribution in [0.4, 0.5) is 0 Å². The number of methoxy groups -OCH3 is 1. The van der Waals surface area contributed by atoms with E-state index < -0.39 is 19.2 Å². The molecule has 2 aromatic carbocycles. The number of rotatable bonds is 6. The second kappa shape index (κ2) is 8.47. The van der Waals surface area contributed by atoms with E-state index >= 15 is 0 Å². The maximum Gasteiger partial charge on any atom is 0.342 e. The van der Waals surface area contributed by atoms with Crippen molar-refractivity contribution in [2.24, 2.45) is 0 Å². The molecular formula is C19H17ClNO5PS. The molecule has 0 aliphatic rings. The highest BCUT2D eigenvalue weighted by Gasteiger charge is 2.38. The van der Waals surface area contributed by atoms with Crippen molar-refractivity contribution < 1.29 is 23.9 Å². The number of benzene rings is 2. The molecule has 3 rings (SSSR count). The third kappa shape index (κ3) is 4.63. The Morgan fingerprint density at radius 2 is 2.07 bits per heavy atom. The minimum atomic E-state index is -4.77. The predicted octanol–water partition coefficient (Wildman–Crippen LogP) is 4.57. The maximum absolute atomic E-state index is 12.6. The fourth-order valence-electron chi connectivity index (χ4n) is 2.75. The maximum atomic E-state index is 12.6. The minimum Gasteiger partial charge on any atom is -0.497 e. The van der Waals surface area contributed by atoms with Crippen LogP contribution in [-0.4, -0.2) is 22.8 Å². The number of halogens is 1. The van der Waals surface area contributed by atoms with Crippen molar-refractivity contribution in [1.29, 1.82) is 0 Å². The van der Waals surface area contributed by atoms with E-state index in [9.17, 15) is 19.1 Å². The number of hydrogen-bond donors (Lipinski definition) is 3. The van der Waals surface area contributed by atoms with Gasteiger partial charge in [-0.05, 0) is 58.3 Å². The van der Waals surface area contributed by atoms with Crippen LogP contribution < -0.4 is 10.1 Å². The normalized spacial score (nSPS) is 13.0. The van der Waals surface area contributed by atoms with Gasteiger partial charge in [-0.2, -0.15) is 0 Å². The number of nitrogens with one attached hydrogen (secondary N) is 1. The fourth-order valence-corrected chi connectivity index (χ4v) is 4.95. The predicted molar refractivity (Wildman–Crippen MR) is 112 cm³/mol. The van der Waals surface area contributed by atoms with Gasteiger partial charge in [-0.1, -0.05) is 23.7 Å². The third-order valence-corrected chi connectivity index (χ3v) is 6.44. The Hall–Kier alpha value is -2.15. The van der Waals surface area contributed by atoms with Crippen LogP contribution in [-0.2, 0) is 9.36 Å². The molecule has 146 valence electrons. The molecule has 1 amide bonds. The zero-order valence-corrected chi connectivity index (χ0v) is 17.2. The first-order chi connectivity index (χ1) is 13.3. The average molecular weight is 438 g/mol. The van der Waals surface area contributed by atoms with Crippen molar-refractivity contribution in [3.8, 4) is 5.75 Å². The number of hydrogen-bond acceptors (Lipinski definition) is 4. The van der Waals surface area contributed by atoms with Crippen LogP contribution in [0, 0.1) is 0 Å². The molecule has 0 saturated heterocycles. The molecule has 0 spiro atoms. The highest BCUT2D eigenvalue weighted by molar-refractivity contribution is 7.53.